The van der Waals surface area contributed by atoms with Gasteiger partial charge in [0.2, 0.25) is 0 Å². The number of nitrogens with zero attached hydrogens (tertiary/aromatic N) is 2. The molecule has 0 bridgehead atoms. The number of hydrogen-bond acceptors (Lipinski definition) is 3. The summed E-state index contributed by atoms with van der Waals surface area (Å²) >= 11 is 0. The first kappa shape index (κ1) is 13.3. The molecule has 0 spiro atoms. The van der Waals surface area contributed by atoms with Crippen molar-refractivity contribution in [3.63, 3.8) is 0 Å². The Labute approximate surface area is 106 Å². The molecule has 0 aromatic heterocycles. The Balaban J connectivity index is 1.82. The molecule has 0 aromatic rings. The van der Waals surface area contributed by atoms with Crippen molar-refractivity contribution in [2.45, 2.75) is 64.1 Å². The first-order chi connectivity index (χ1) is 7.97. The highest BCUT2D eigenvalue weighted by molar-refractivity contribution is 4.87. The maximum atomic E-state index is 6.09. The van der Waals surface area contributed by atoms with Crippen LogP contribution in [0.15, 0.2) is 0 Å². The van der Waals surface area contributed by atoms with Crippen LogP contribution in [0.5, 0.6) is 0 Å². The smallest absolute Gasteiger partial charge is 0.0126 e. The molecule has 2 N–H and O–H groups in total. The number of piperazine rings is 1. The SMILES string of the molecule is CC(C)(C)N1CCN(C2CCCC(N)C2)CC1. The van der Waals surface area contributed by atoms with E-state index < -0.39 is 0 Å². The molecule has 3 nitrogen and oxygen atoms in total. The van der Waals surface area contributed by atoms with Crippen molar-refractivity contribution in [2.75, 3.05) is 26.2 Å². The summed E-state index contributed by atoms with van der Waals surface area (Å²) in [5, 5.41) is 0. The van der Waals surface area contributed by atoms with Crippen LogP contribution in [0.2, 0.25) is 0 Å². The molecular weight excluding hydrogens is 210 g/mol. The second-order valence-electron chi connectivity index (χ2n) is 6.77. The normalized spacial score (nSPS) is 33.9. The summed E-state index contributed by atoms with van der Waals surface area (Å²) in [4.78, 5) is 5.29. The van der Waals surface area contributed by atoms with E-state index in [1.807, 2.05) is 0 Å². The molecule has 1 saturated carbocycles. The maximum Gasteiger partial charge on any atom is 0.0126 e. The van der Waals surface area contributed by atoms with Crippen molar-refractivity contribution >= 4 is 0 Å². The quantitative estimate of drug-likeness (QED) is 0.755. The second-order valence-corrected chi connectivity index (χ2v) is 6.77. The van der Waals surface area contributed by atoms with Crippen LogP contribution < -0.4 is 5.73 Å². The molecule has 1 aliphatic carbocycles. The van der Waals surface area contributed by atoms with Gasteiger partial charge in [-0.3, -0.25) is 9.80 Å². The van der Waals surface area contributed by atoms with Crippen molar-refractivity contribution in [2.24, 2.45) is 5.73 Å². The Kier molecular flexibility index (Phi) is 4.11. The summed E-state index contributed by atoms with van der Waals surface area (Å²) < 4.78 is 0. The monoisotopic (exact) mass is 239 g/mol. The topological polar surface area (TPSA) is 32.5 Å². The molecule has 0 aromatic carbocycles. The Bertz CT molecular complexity index is 238. The van der Waals surface area contributed by atoms with Gasteiger partial charge in [-0.15, -0.1) is 0 Å². The highest BCUT2D eigenvalue weighted by Crippen LogP contribution is 2.24. The lowest BCUT2D eigenvalue weighted by atomic mass is 9.90. The molecule has 17 heavy (non-hydrogen) atoms. The summed E-state index contributed by atoms with van der Waals surface area (Å²) in [7, 11) is 0. The molecule has 1 aliphatic heterocycles. The third-order valence-electron chi connectivity index (χ3n) is 4.47. The van der Waals surface area contributed by atoms with Gasteiger partial charge in [0.1, 0.15) is 0 Å². The zero-order chi connectivity index (χ0) is 12.5. The zero-order valence-corrected chi connectivity index (χ0v) is 11.8. The summed E-state index contributed by atoms with van der Waals surface area (Å²) in [6.07, 6.45) is 5.14. The van der Waals surface area contributed by atoms with Gasteiger partial charge >= 0.3 is 0 Å². The molecule has 1 saturated heterocycles. The number of hydrogen-bond donors (Lipinski definition) is 1. The Morgan fingerprint density at radius 1 is 1.00 bits per heavy atom. The summed E-state index contributed by atoms with van der Waals surface area (Å²) in [6.45, 7) is 11.9. The third-order valence-corrected chi connectivity index (χ3v) is 4.47. The standard InChI is InChI=1S/C14H29N3/c1-14(2,3)17-9-7-16(8-10-17)13-6-4-5-12(15)11-13/h12-13H,4-11,15H2,1-3H3. The Morgan fingerprint density at radius 2 is 1.65 bits per heavy atom. The minimum absolute atomic E-state index is 0.328. The van der Waals surface area contributed by atoms with E-state index >= 15 is 0 Å². The van der Waals surface area contributed by atoms with Crippen LogP contribution in [0.3, 0.4) is 0 Å². The number of nitrogens with two attached hydrogens (primary N) is 1. The van der Waals surface area contributed by atoms with Crippen LogP contribution in [0, 0.1) is 0 Å². The minimum Gasteiger partial charge on any atom is -0.328 e. The van der Waals surface area contributed by atoms with Gasteiger partial charge < -0.3 is 5.73 Å². The van der Waals surface area contributed by atoms with E-state index in [0.717, 1.165) is 6.04 Å². The second kappa shape index (κ2) is 5.25. The van der Waals surface area contributed by atoms with Crippen molar-refractivity contribution in [3.8, 4) is 0 Å². The molecule has 0 radical (unpaired) electrons. The molecule has 3 heteroatoms. The molecule has 100 valence electrons. The average molecular weight is 239 g/mol. The predicted molar refractivity (Wildman–Crippen MR) is 73.1 cm³/mol. The summed E-state index contributed by atoms with van der Waals surface area (Å²) in [5.74, 6) is 0. The van der Waals surface area contributed by atoms with Crippen LogP contribution in [0.4, 0.5) is 0 Å². The summed E-state index contributed by atoms with van der Waals surface area (Å²) in [6, 6.07) is 1.22. The van der Waals surface area contributed by atoms with Gasteiger partial charge in [0.25, 0.3) is 0 Å². The van der Waals surface area contributed by atoms with E-state index in [0.29, 0.717) is 11.6 Å². The van der Waals surface area contributed by atoms with E-state index in [9.17, 15) is 0 Å². The van der Waals surface area contributed by atoms with Crippen molar-refractivity contribution < 1.29 is 0 Å². The van der Waals surface area contributed by atoms with Crippen LogP contribution >= 0.6 is 0 Å². The van der Waals surface area contributed by atoms with E-state index in [-0.39, 0.29) is 0 Å². The zero-order valence-electron chi connectivity index (χ0n) is 11.8. The number of rotatable bonds is 1. The Hall–Kier alpha value is -0.120. The molecule has 2 aliphatic rings. The van der Waals surface area contributed by atoms with Crippen LogP contribution in [-0.4, -0.2) is 53.6 Å². The van der Waals surface area contributed by atoms with Gasteiger partial charge in [-0.05, 0) is 40.0 Å². The minimum atomic E-state index is 0.328. The lowest BCUT2D eigenvalue weighted by molar-refractivity contribution is 0.0313. The average Bonchev–Trinajstić information content (AvgIpc) is 2.28. The first-order valence-electron chi connectivity index (χ1n) is 7.21. The molecule has 2 fully saturated rings. The molecule has 0 amide bonds. The van der Waals surface area contributed by atoms with Gasteiger partial charge in [0.15, 0.2) is 0 Å². The fourth-order valence-electron chi connectivity index (χ4n) is 3.29. The van der Waals surface area contributed by atoms with Crippen LogP contribution in [0.1, 0.15) is 46.5 Å². The fourth-order valence-corrected chi connectivity index (χ4v) is 3.29. The van der Waals surface area contributed by atoms with Gasteiger partial charge in [-0.2, -0.15) is 0 Å². The van der Waals surface area contributed by atoms with Crippen molar-refractivity contribution in [1.29, 1.82) is 0 Å². The van der Waals surface area contributed by atoms with E-state index in [4.69, 9.17) is 5.73 Å². The molecular formula is C14H29N3. The highest BCUT2D eigenvalue weighted by Gasteiger charge is 2.30. The summed E-state index contributed by atoms with van der Waals surface area (Å²) in [5.41, 5.74) is 6.42. The molecule has 2 unspecified atom stereocenters. The van der Waals surface area contributed by atoms with Crippen LogP contribution in [0.25, 0.3) is 0 Å². The van der Waals surface area contributed by atoms with Gasteiger partial charge in [0.05, 0.1) is 0 Å². The van der Waals surface area contributed by atoms with Gasteiger partial charge in [-0.25, -0.2) is 0 Å². The van der Waals surface area contributed by atoms with Crippen LogP contribution in [-0.2, 0) is 0 Å². The van der Waals surface area contributed by atoms with E-state index in [1.54, 1.807) is 0 Å². The van der Waals surface area contributed by atoms with Gasteiger partial charge in [0, 0.05) is 43.8 Å². The van der Waals surface area contributed by atoms with Crippen molar-refractivity contribution in [1.82, 2.24) is 9.80 Å². The lowest BCUT2D eigenvalue weighted by Gasteiger charge is -2.46. The lowest BCUT2D eigenvalue weighted by Crippen LogP contribution is -2.56. The van der Waals surface area contributed by atoms with E-state index in [1.165, 1.54) is 51.9 Å². The highest BCUT2D eigenvalue weighted by atomic mass is 15.3. The van der Waals surface area contributed by atoms with Crippen molar-refractivity contribution in [3.05, 3.63) is 0 Å². The molecule has 2 atom stereocenters. The predicted octanol–water partition coefficient (Wildman–Crippen LogP) is 1.67. The fraction of sp³-hybridized carbons (Fsp3) is 1.00. The molecule has 1 heterocycles. The van der Waals surface area contributed by atoms with Gasteiger partial charge in [-0.1, -0.05) is 6.42 Å². The first-order valence-corrected chi connectivity index (χ1v) is 7.21. The van der Waals surface area contributed by atoms with E-state index in [2.05, 4.69) is 30.6 Å². The molecule has 2 rings (SSSR count). The third kappa shape index (κ3) is 3.43. The largest absolute Gasteiger partial charge is 0.328 e. The maximum absolute atomic E-state index is 6.09. The Morgan fingerprint density at radius 3 is 2.18 bits per heavy atom.